The Morgan fingerprint density at radius 3 is 1.42 bits per heavy atom. The van der Waals surface area contributed by atoms with Crippen molar-refractivity contribution in [2.75, 3.05) is 47.5 Å². The summed E-state index contributed by atoms with van der Waals surface area (Å²) < 4.78 is 22.7. The summed E-state index contributed by atoms with van der Waals surface area (Å²) in [6, 6.07) is 0. The number of allylic oxidation sites excluding steroid dienone is 8. The molecule has 0 amide bonds. The molecule has 0 aliphatic rings. The van der Waals surface area contributed by atoms with E-state index in [0.29, 0.717) is 17.4 Å². The van der Waals surface area contributed by atoms with Crippen molar-refractivity contribution in [3.8, 4) is 0 Å². The maximum absolute atomic E-state index is 12.8. The Kier molecular flexibility index (Phi) is 41.0. The topological polar surface area (TPSA) is 108 Å². The Morgan fingerprint density at radius 1 is 0.517 bits per heavy atom. The second kappa shape index (κ2) is 42.9. The Morgan fingerprint density at radius 2 is 0.950 bits per heavy atom. The number of unbranched alkanes of at least 4 members (excludes halogenated alkanes) is 21. The molecule has 60 heavy (non-hydrogen) atoms. The molecule has 0 radical (unpaired) electrons. The van der Waals surface area contributed by atoms with Gasteiger partial charge in [-0.3, -0.25) is 9.59 Å². The molecule has 0 saturated heterocycles. The van der Waals surface area contributed by atoms with Gasteiger partial charge in [0.2, 0.25) is 0 Å². The van der Waals surface area contributed by atoms with Crippen molar-refractivity contribution in [3.63, 3.8) is 0 Å². The van der Waals surface area contributed by atoms with Crippen molar-refractivity contribution in [2.45, 2.75) is 212 Å². The number of carbonyl (C=O) groups is 3. The van der Waals surface area contributed by atoms with E-state index in [1.54, 1.807) is 0 Å². The molecule has 0 spiro atoms. The van der Waals surface area contributed by atoms with Crippen molar-refractivity contribution < 1.29 is 42.9 Å². The molecule has 0 aliphatic heterocycles. The van der Waals surface area contributed by atoms with Gasteiger partial charge in [0.05, 0.1) is 34.4 Å². The highest BCUT2D eigenvalue weighted by molar-refractivity contribution is 5.71. The van der Waals surface area contributed by atoms with Crippen molar-refractivity contribution in [1.29, 1.82) is 0 Å². The SMILES string of the molecule is CC/C=C\C/C=C\C/C=C\C/C=C\CCCCCCCCCCCCCCCCC(=O)OC(COC(=O)CCCCCCCCCC)COC(OCC[N+](C)(C)C)C(=O)O. The normalized spacial score (nSPS) is 13.3. The quantitative estimate of drug-likeness (QED) is 0.0212. The second-order valence-corrected chi connectivity index (χ2v) is 17.4. The number of aliphatic carboxylic acids is 1. The van der Waals surface area contributed by atoms with Gasteiger partial charge >= 0.3 is 17.9 Å². The van der Waals surface area contributed by atoms with Crippen LogP contribution < -0.4 is 0 Å². The van der Waals surface area contributed by atoms with E-state index in [2.05, 4.69) is 62.5 Å². The first-order valence-corrected chi connectivity index (χ1v) is 24.3. The average molecular weight is 847 g/mol. The second-order valence-electron chi connectivity index (χ2n) is 17.4. The molecule has 0 aromatic carbocycles. The van der Waals surface area contributed by atoms with Crippen molar-refractivity contribution in [1.82, 2.24) is 0 Å². The third-order valence-electron chi connectivity index (χ3n) is 10.3. The molecule has 348 valence electrons. The molecule has 2 unspecified atom stereocenters. The number of hydrogen-bond acceptors (Lipinski definition) is 7. The van der Waals surface area contributed by atoms with E-state index in [4.69, 9.17) is 18.9 Å². The zero-order chi connectivity index (χ0) is 44.2. The molecule has 0 fully saturated rings. The Balaban J connectivity index is 4.15. The van der Waals surface area contributed by atoms with E-state index in [-0.39, 0.29) is 32.2 Å². The molecule has 9 heteroatoms. The fourth-order valence-electron chi connectivity index (χ4n) is 6.59. The fraction of sp³-hybridized carbons (Fsp3) is 0.784. The maximum Gasteiger partial charge on any atom is 0.361 e. The largest absolute Gasteiger partial charge is 0.477 e. The fourth-order valence-corrected chi connectivity index (χ4v) is 6.59. The number of esters is 2. The molecular formula is C51H92NO8+. The summed E-state index contributed by atoms with van der Waals surface area (Å²) >= 11 is 0. The molecule has 0 saturated carbocycles. The number of hydrogen-bond donors (Lipinski definition) is 1. The minimum absolute atomic E-state index is 0.180. The van der Waals surface area contributed by atoms with E-state index < -0.39 is 24.3 Å². The zero-order valence-corrected chi connectivity index (χ0v) is 39.4. The number of quaternary nitrogens is 1. The molecule has 0 rings (SSSR count). The summed E-state index contributed by atoms with van der Waals surface area (Å²) in [5.74, 6) is -2.01. The number of carboxylic acid groups (broad SMARTS) is 1. The van der Waals surface area contributed by atoms with Gasteiger partial charge in [-0.05, 0) is 51.4 Å². The molecule has 0 bridgehead atoms. The Hall–Kier alpha value is -2.75. The number of likely N-dealkylation sites (N-methyl/N-ethyl adjacent to an activating group) is 1. The lowest BCUT2D eigenvalue weighted by Crippen LogP contribution is -2.40. The maximum atomic E-state index is 12.8. The highest BCUT2D eigenvalue weighted by Crippen LogP contribution is 2.15. The molecule has 1 N–H and O–H groups in total. The monoisotopic (exact) mass is 847 g/mol. The van der Waals surface area contributed by atoms with E-state index in [1.807, 2.05) is 21.1 Å². The van der Waals surface area contributed by atoms with Crippen LogP contribution in [0.5, 0.6) is 0 Å². The van der Waals surface area contributed by atoms with E-state index in [0.717, 1.165) is 64.2 Å². The molecule has 0 aromatic heterocycles. The lowest BCUT2D eigenvalue weighted by Gasteiger charge is -2.25. The van der Waals surface area contributed by atoms with Crippen LogP contribution in [-0.4, -0.2) is 87.4 Å². The minimum atomic E-state index is -1.51. The average Bonchev–Trinajstić information content (AvgIpc) is 3.21. The summed E-state index contributed by atoms with van der Waals surface area (Å²) in [5, 5.41) is 9.62. The van der Waals surface area contributed by atoms with Crippen molar-refractivity contribution >= 4 is 17.9 Å². The first kappa shape index (κ1) is 57.2. The van der Waals surface area contributed by atoms with Crippen LogP contribution in [0.2, 0.25) is 0 Å². The van der Waals surface area contributed by atoms with E-state index in [9.17, 15) is 19.5 Å². The van der Waals surface area contributed by atoms with Crippen LogP contribution >= 0.6 is 0 Å². The highest BCUT2D eigenvalue weighted by atomic mass is 16.7. The predicted octanol–water partition coefficient (Wildman–Crippen LogP) is 13.2. The minimum Gasteiger partial charge on any atom is -0.477 e. The van der Waals surface area contributed by atoms with Crippen LogP contribution in [0.15, 0.2) is 48.6 Å². The molecule has 0 heterocycles. The zero-order valence-electron chi connectivity index (χ0n) is 39.4. The van der Waals surface area contributed by atoms with Gasteiger partial charge in [0.25, 0.3) is 6.29 Å². The highest BCUT2D eigenvalue weighted by Gasteiger charge is 2.25. The molecule has 2 atom stereocenters. The van der Waals surface area contributed by atoms with Gasteiger partial charge in [-0.1, -0.05) is 184 Å². The van der Waals surface area contributed by atoms with Gasteiger partial charge < -0.3 is 28.5 Å². The van der Waals surface area contributed by atoms with Gasteiger partial charge in [-0.15, -0.1) is 0 Å². The molecule has 9 nitrogen and oxygen atoms in total. The first-order valence-electron chi connectivity index (χ1n) is 24.3. The number of carbonyl (C=O) groups excluding carboxylic acids is 2. The number of carboxylic acids is 1. The predicted molar refractivity (Wildman–Crippen MR) is 249 cm³/mol. The number of rotatable bonds is 44. The van der Waals surface area contributed by atoms with Crippen LogP contribution in [0.4, 0.5) is 0 Å². The molecule has 0 aromatic rings. The number of nitrogens with zero attached hydrogens (tertiary/aromatic N) is 1. The number of ether oxygens (including phenoxy) is 4. The molecular weight excluding hydrogens is 755 g/mol. The first-order chi connectivity index (χ1) is 29.1. The molecule has 0 aliphatic carbocycles. The van der Waals surface area contributed by atoms with Gasteiger partial charge in [-0.25, -0.2) is 4.79 Å². The Labute approximate surface area is 368 Å². The van der Waals surface area contributed by atoms with Crippen LogP contribution in [0.1, 0.15) is 200 Å². The summed E-state index contributed by atoms with van der Waals surface area (Å²) in [6.07, 6.45) is 47.7. The lowest BCUT2D eigenvalue weighted by atomic mass is 10.0. The third-order valence-corrected chi connectivity index (χ3v) is 10.3. The van der Waals surface area contributed by atoms with Gasteiger partial charge in [0.1, 0.15) is 13.2 Å². The Bertz CT molecular complexity index is 1120. The summed E-state index contributed by atoms with van der Waals surface area (Å²) in [4.78, 5) is 37.0. The summed E-state index contributed by atoms with van der Waals surface area (Å²) in [7, 11) is 5.95. The standard InChI is InChI=1S/C51H91NO8/c1-6-8-10-12-14-16-17-18-19-20-21-22-23-24-25-26-27-28-29-30-31-32-33-34-36-38-40-42-49(54)60-47(46-59-51(50(55)56)57-44-43-52(3,4)5)45-58-48(53)41-39-37-35-15-13-11-9-7-2/h8,10,14,16,18-19,21-22,47,51H,6-7,9,11-13,15,17,20,23-46H2,1-5H3/p+1/b10-8-,16-14-,19-18-,22-21-. The van der Waals surface area contributed by atoms with Gasteiger partial charge in [-0.2, -0.15) is 0 Å². The summed E-state index contributed by atoms with van der Waals surface area (Å²) in [5.41, 5.74) is 0. The van der Waals surface area contributed by atoms with Crippen LogP contribution in [0.3, 0.4) is 0 Å². The van der Waals surface area contributed by atoms with Crippen molar-refractivity contribution in [2.24, 2.45) is 0 Å². The van der Waals surface area contributed by atoms with Crippen LogP contribution in [-0.2, 0) is 33.3 Å². The summed E-state index contributed by atoms with van der Waals surface area (Å²) in [6.45, 7) is 4.73. The van der Waals surface area contributed by atoms with Gasteiger partial charge in [0, 0.05) is 12.8 Å². The third kappa shape index (κ3) is 43.3. The smallest absolute Gasteiger partial charge is 0.361 e. The van der Waals surface area contributed by atoms with Crippen molar-refractivity contribution in [3.05, 3.63) is 48.6 Å². The van der Waals surface area contributed by atoms with Gasteiger partial charge in [0.15, 0.2) is 6.10 Å². The lowest BCUT2D eigenvalue weighted by molar-refractivity contribution is -0.870. The van der Waals surface area contributed by atoms with E-state index in [1.165, 1.54) is 109 Å². The van der Waals surface area contributed by atoms with Crippen LogP contribution in [0.25, 0.3) is 0 Å². The van der Waals surface area contributed by atoms with Crippen LogP contribution in [0, 0.1) is 0 Å². The van der Waals surface area contributed by atoms with E-state index >= 15 is 0 Å².